The number of aliphatic imine (C=N–C) groups is 1. The fourth-order valence-corrected chi connectivity index (χ4v) is 3.65. The Bertz CT molecular complexity index is 1100. The molecule has 0 fully saturated rings. The van der Waals surface area contributed by atoms with Crippen molar-refractivity contribution in [2.45, 2.75) is 44.8 Å². The largest absolute Gasteiger partial charge is 0.336 e. The second-order valence-corrected chi connectivity index (χ2v) is 10.1. The third-order valence-electron chi connectivity index (χ3n) is 5.21. The number of rotatable bonds is 10. The summed E-state index contributed by atoms with van der Waals surface area (Å²) in [5.41, 5.74) is 1.09. The Morgan fingerprint density at radius 1 is 1.29 bits per heavy atom. The lowest BCUT2D eigenvalue weighted by Gasteiger charge is -2.29. The van der Waals surface area contributed by atoms with Gasteiger partial charge in [-0.2, -0.15) is 0 Å². The van der Waals surface area contributed by atoms with Gasteiger partial charge < -0.3 is 4.90 Å². The third kappa shape index (κ3) is 7.28. The highest BCUT2D eigenvalue weighted by Crippen LogP contribution is 2.40. The first-order chi connectivity index (χ1) is 16.0. The molecule has 2 aromatic heterocycles. The van der Waals surface area contributed by atoms with Crippen LogP contribution in [-0.4, -0.2) is 39.1 Å². The Morgan fingerprint density at radius 3 is 2.59 bits per heavy atom. The zero-order chi connectivity index (χ0) is 25.5. The van der Waals surface area contributed by atoms with Crippen molar-refractivity contribution in [1.82, 2.24) is 14.9 Å². The van der Waals surface area contributed by atoms with Gasteiger partial charge in [0.2, 0.25) is 0 Å². The maximum Gasteiger partial charge on any atom is 0.256 e. The van der Waals surface area contributed by atoms with E-state index in [1.54, 1.807) is 30.9 Å². The van der Waals surface area contributed by atoms with Crippen LogP contribution in [0.4, 0.5) is 13.2 Å². The fourth-order valence-electron chi connectivity index (χ4n) is 3.34. The summed E-state index contributed by atoms with van der Waals surface area (Å²) in [4.78, 5) is 27.3. The quantitative estimate of drug-likeness (QED) is 0.239. The van der Waals surface area contributed by atoms with E-state index < -0.39 is 22.7 Å². The molecule has 182 valence electrons. The zero-order valence-corrected chi connectivity index (χ0v) is 21.7. The first-order valence-electron chi connectivity index (χ1n) is 10.7. The molecule has 0 saturated heterocycles. The zero-order valence-electron chi connectivity index (χ0n) is 19.4. The average molecular weight is 508 g/mol. The Kier molecular flexibility index (Phi) is 10.1. The summed E-state index contributed by atoms with van der Waals surface area (Å²) in [5.74, 6) is -1.65. The number of allylic oxidation sites excluding steroid dienone is 2. The van der Waals surface area contributed by atoms with Crippen LogP contribution in [0, 0.1) is 11.6 Å². The lowest BCUT2D eigenvalue weighted by Crippen LogP contribution is -2.39. The monoisotopic (exact) mass is 508 g/mol. The van der Waals surface area contributed by atoms with Gasteiger partial charge in [-0.05, 0) is 51.8 Å². The van der Waals surface area contributed by atoms with E-state index in [9.17, 15) is 18.0 Å². The molecule has 5 nitrogen and oxygen atoms in total. The molecule has 0 aromatic carbocycles. The van der Waals surface area contributed by atoms with Crippen LogP contribution in [0.2, 0.25) is 0 Å². The van der Waals surface area contributed by atoms with E-state index in [1.807, 2.05) is 25.4 Å². The lowest BCUT2D eigenvalue weighted by molar-refractivity contribution is 0.0694. The minimum atomic E-state index is -1.86. The number of nitrogens with zero attached hydrogens (tertiary/aromatic N) is 4. The predicted octanol–water partition coefficient (Wildman–Crippen LogP) is 5.58. The number of halogens is 3. The molecular formula is C24H29F3N4OP2. The molecule has 0 radical (unpaired) electrons. The van der Waals surface area contributed by atoms with Gasteiger partial charge in [-0.1, -0.05) is 31.1 Å². The van der Waals surface area contributed by atoms with Gasteiger partial charge in [-0.3, -0.25) is 19.8 Å². The van der Waals surface area contributed by atoms with Gasteiger partial charge in [0.25, 0.3) is 5.91 Å². The van der Waals surface area contributed by atoms with Crippen molar-refractivity contribution >= 4 is 30.1 Å². The molecule has 0 aliphatic rings. The van der Waals surface area contributed by atoms with Crippen molar-refractivity contribution < 1.29 is 18.0 Å². The summed E-state index contributed by atoms with van der Waals surface area (Å²) in [6, 6.07) is 1.95. The van der Waals surface area contributed by atoms with E-state index in [2.05, 4.69) is 21.5 Å². The molecule has 10 heteroatoms. The molecule has 0 aliphatic heterocycles. The second kappa shape index (κ2) is 12.3. The van der Waals surface area contributed by atoms with E-state index in [0.717, 1.165) is 18.3 Å². The number of carbonyl (C=O) groups is 1. The molecular weight excluding hydrogens is 479 g/mol. The minimum Gasteiger partial charge on any atom is -0.336 e. The van der Waals surface area contributed by atoms with Gasteiger partial charge in [0.05, 0.1) is 28.9 Å². The Balaban J connectivity index is 2.24. The highest BCUT2D eigenvalue weighted by atomic mass is 31.1. The van der Waals surface area contributed by atoms with Crippen molar-refractivity contribution in [2.24, 2.45) is 4.99 Å². The van der Waals surface area contributed by atoms with Gasteiger partial charge in [-0.15, -0.1) is 0 Å². The molecule has 2 aromatic rings. The van der Waals surface area contributed by atoms with Crippen LogP contribution in [0.15, 0.2) is 54.4 Å². The molecule has 0 saturated carbocycles. The number of aryl methyl sites for hydroxylation is 1. The highest BCUT2D eigenvalue weighted by molar-refractivity contribution is 7.38. The lowest BCUT2D eigenvalue weighted by atomic mass is 10.0. The maximum atomic E-state index is 14.4. The fraction of sp³-hybridized carbons (Fsp3) is 0.333. The highest BCUT2D eigenvalue weighted by Gasteiger charge is 2.26. The van der Waals surface area contributed by atoms with Crippen LogP contribution in [0.25, 0.3) is 0 Å². The minimum absolute atomic E-state index is 0.0910. The number of hydrogen-bond donors (Lipinski definition) is 0. The van der Waals surface area contributed by atoms with Crippen LogP contribution >= 0.6 is 18.5 Å². The summed E-state index contributed by atoms with van der Waals surface area (Å²) in [6.45, 7) is 9.23. The number of carbonyl (C=O) groups excluding carboxylic acids is 1. The number of aromatic nitrogens is 2. The molecule has 0 N–H and O–H groups in total. The van der Waals surface area contributed by atoms with Gasteiger partial charge in [0, 0.05) is 30.5 Å². The van der Waals surface area contributed by atoms with Gasteiger partial charge >= 0.3 is 0 Å². The molecule has 2 unspecified atom stereocenters. The number of pyridine rings is 2. The average Bonchev–Trinajstić information content (AvgIpc) is 2.78. The van der Waals surface area contributed by atoms with E-state index in [1.165, 1.54) is 12.4 Å². The molecule has 3 atom stereocenters. The summed E-state index contributed by atoms with van der Waals surface area (Å²) in [5, 5.41) is -1.86. The Hall–Kier alpha value is -2.43. The first kappa shape index (κ1) is 27.8. The SMILES string of the molecule is C=C/C=C\N=C(C)c1ncc(F)cc1C(=O)N(CC)[C@@H](C)CCc1ncc(C(F)(P)P)cc1F. The smallest absolute Gasteiger partial charge is 0.256 e. The van der Waals surface area contributed by atoms with Gasteiger partial charge in [0.15, 0.2) is 5.15 Å². The molecule has 0 spiro atoms. The number of alkyl halides is 1. The number of hydrogen-bond acceptors (Lipinski definition) is 4. The van der Waals surface area contributed by atoms with Crippen LogP contribution in [-0.2, 0) is 11.6 Å². The van der Waals surface area contributed by atoms with Crippen molar-refractivity contribution in [2.75, 3.05) is 6.54 Å². The predicted molar refractivity (Wildman–Crippen MR) is 137 cm³/mol. The van der Waals surface area contributed by atoms with Gasteiger partial charge in [-0.25, -0.2) is 13.2 Å². The first-order valence-corrected chi connectivity index (χ1v) is 11.8. The second-order valence-electron chi connectivity index (χ2n) is 7.74. The summed E-state index contributed by atoms with van der Waals surface area (Å²) in [6.07, 6.45) is 7.67. The molecule has 2 rings (SSSR count). The van der Waals surface area contributed by atoms with Crippen molar-refractivity contribution in [3.8, 4) is 0 Å². The van der Waals surface area contributed by atoms with E-state index >= 15 is 0 Å². The molecule has 34 heavy (non-hydrogen) atoms. The van der Waals surface area contributed by atoms with Crippen molar-refractivity contribution in [1.29, 1.82) is 0 Å². The van der Waals surface area contributed by atoms with Crippen molar-refractivity contribution in [3.05, 3.63) is 83.6 Å². The van der Waals surface area contributed by atoms with Gasteiger partial charge in [0.1, 0.15) is 11.6 Å². The van der Waals surface area contributed by atoms with E-state index in [4.69, 9.17) is 0 Å². The molecule has 0 aliphatic carbocycles. The Labute approximate surface area is 203 Å². The van der Waals surface area contributed by atoms with Crippen molar-refractivity contribution in [3.63, 3.8) is 0 Å². The summed E-state index contributed by atoms with van der Waals surface area (Å²) in [7, 11) is 3.95. The molecule has 1 amide bonds. The summed E-state index contributed by atoms with van der Waals surface area (Å²) >= 11 is 0. The topological polar surface area (TPSA) is 58.5 Å². The maximum absolute atomic E-state index is 14.4. The standard InChI is InChI=1S/C24H29F3N4OP2/c1-5-7-10-28-16(4)22-19(12-18(25)14-30-22)23(32)31(6-2)15(3)8-9-21-20(26)11-17(13-29-21)24(27,33)34/h5,7,10-15H,1,6,8-9,33-34H2,2-4H3/b10-7-,28-16?/t15-/m0/s1. The summed E-state index contributed by atoms with van der Waals surface area (Å²) < 4.78 is 42.4. The normalized spacial score (nSPS) is 13.2. The molecule has 2 heterocycles. The third-order valence-corrected chi connectivity index (χ3v) is 5.88. The van der Waals surface area contributed by atoms with E-state index in [0.29, 0.717) is 18.7 Å². The Morgan fingerprint density at radius 2 is 2.00 bits per heavy atom. The molecule has 0 bridgehead atoms. The van der Waals surface area contributed by atoms with Crippen LogP contribution < -0.4 is 0 Å². The van der Waals surface area contributed by atoms with Crippen LogP contribution in [0.5, 0.6) is 0 Å². The van der Waals surface area contributed by atoms with Crippen LogP contribution in [0.3, 0.4) is 0 Å². The number of amides is 1. The van der Waals surface area contributed by atoms with E-state index in [-0.39, 0.29) is 35.0 Å². The van der Waals surface area contributed by atoms with Crippen LogP contribution in [0.1, 0.15) is 54.5 Å².